The van der Waals surface area contributed by atoms with Crippen molar-refractivity contribution < 1.29 is 9.59 Å². The maximum Gasteiger partial charge on any atom is 0.236 e. The van der Waals surface area contributed by atoms with Gasteiger partial charge in [0.05, 0.1) is 21.7 Å². The topological polar surface area (TPSA) is 121 Å². The van der Waals surface area contributed by atoms with Crippen LogP contribution in [0.5, 0.6) is 0 Å². The van der Waals surface area contributed by atoms with Crippen LogP contribution in [0, 0.1) is 18.3 Å². The molecule has 2 heterocycles. The van der Waals surface area contributed by atoms with E-state index in [4.69, 9.17) is 0 Å². The van der Waals surface area contributed by atoms with Gasteiger partial charge in [-0.25, -0.2) is 15.0 Å². The number of amides is 1. The Morgan fingerprint density at radius 2 is 1.77 bits per heavy atom. The number of aryl methyl sites for hydroxylation is 1. The fourth-order valence-corrected chi connectivity index (χ4v) is 5.43. The minimum Gasteiger partial charge on any atom is -0.339 e. The summed E-state index contributed by atoms with van der Waals surface area (Å²) in [6.07, 6.45) is 0. The smallest absolute Gasteiger partial charge is 0.236 e. The number of benzene rings is 3. The zero-order valence-electron chi connectivity index (χ0n) is 21.1. The largest absolute Gasteiger partial charge is 0.339 e. The highest BCUT2D eigenvalue weighted by molar-refractivity contribution is 7.99. The average Bonchev–Trinajstić information content (AvgIpc) is 3.33. The summed E-state index contributed by atoms with van der Waals surface area (Å²) in [5.74, 6) is 0.0956. The average molecular weight is 551 g/mol. The van der Waals surface area contributed by atoms with Gasteiger partial charge in [0.15, 0.2) is 21.9 Å². The van der Waals surface area contributed by atoms with Gasteiger partial charge in [-0.3, -0.25) is 9.59 Å². The number of carbonyl (C=O) groups is 2. The molecule has 10 heteroatoms. The molecule has 2 N–H and O–H groups in total. The predicted molar refractivity (Wildman–Crippen MR) is 156 cm³/mol. The summed E-state index contributed by atoms with van der Waals surface area (Å²) in [4.78, 5) is 38.1. The molecule has 0 bridgehead atoms. The van der Waals surface area contributed by atoms with E-state index < -0.39 is 0 Å². The summed E-state index contributed by atoms with van der Waals surface area (Å²) in [5, 5.41) is 16.9. The number of fused-ring (bicyclic) bond motifs is 1. The summed E-state index contributed by atoms with van der Waals surface area (Å²) >= 11 is 2.59. The standard InChI is InChI=1S/C29H22N6O2S2/c1-17-8-13-23-24(14-17)39-29(32-23)33-25(37)16-38-28-34-26(20-6-4-3-5-7-20)22(15-30)27(35-28)31-21-11-9-19(10-12-21)18(2)36/h3-14H,16H2,1-2H3,(H,31,34,35)(H,32,33,37). The number of carbonyl (C=O) groups excluding carboxylic acids is 2. The second-order valence-electron chi connectivity index (χ2n) is 8.64. The van der Waals surface area contributed by atoms with E-state index in [0.29, 0.717) is 33.1 Å². The summed E-state index contributed by atoms with van der Waals surface area (Å²) < 4.78 is 1.01. The number of Topliss-reactive ketones (excluding diaryl/α,β-unsaturated/α-hetero) is 1. The van der Waals surface area contributed by atoms with Gasteiger partial charge >= 0.3 is 0 Å². The first-order valence-electron chi connectivity index (χ1n) is 11.9. The van der Waals surface area contributed by atoms with Gasteiger partial charge in [0.25, 0.3) is 0 Å². The third-order valence-electron chi connectivity index (χ3n) is 5.72. The second kappa shape index (κ2) is 11.4. The number of nitrogens with zero attached hydrogens (tertiary/aromatic N) is 4. The van der Waals surface area contributed by atoms with Crippen molar-refractivity contribution >= 4 is 61.6 Å². The van der Waals surface area contributed by atoms with E-state index in [2.05, 4.69) is 31.7 Å². The fraction of sp³-hybridized carbons (Fsp3) is 0.103. The maximum absolute atomic E-state index is 12.8. The molecule has 0 atom stereocenters. The lowest BCUT2D eigenvalue weighted by atomic mass is 10.1. The first kappa shape index (κ1) is 26.0. The SMILES string of the molecule is CC(=O)c1ccc(Nc2nc(SCC(=O)Nc3nc4ccc(C)cc4s3)nc(-c3ccccc3)c2C#N)cc1. The Bertz CT molecular complexity index is 1730. The van der Waals surface area contributed by atoms with Crippen LogP contribution in [0.15, 0.2) is 78.0 Å². The third kappa shape index (κ3) is 6.12. The molecule has 0 spiro atoms. The van der Waals surface area contributed by atoms with Gasteiger partial charge in [0.1, 0.15) is 11.6 Å². The molecule has 1 amide bonds. The molecule has 0 saturated carbocycles. The molecule has 0 radical (unpaired) electrons. The summed E-state index contributed by atoms with van der Waals surface area (Å²) in [6.45, 7) is 3.52. The van der Waals surface area contributed by atoms with Crippen molar-refractivity contribution in [1.29, 1.82) is 5.26 Å². The molecule has 3 aromatic carbocycles. The number of aromatic nitrogens is 3. The fourth-order valence-electron chi connectivity index (χ4n) is 3.80. The van der Waals surface area contributed by atoms with Crippen LogP contribution >= 0.6 is 23.1 Å². The number of thiazole rings is 1. The molecule has 0 aliphatic carbocycles. The Morgan fingerprint density at radius 1 is 1.00 bits per heavy atom. The van der Waals surface area contributed by atoms with Crippen LogP contribution in [0.25, 0.3) is 21.5 Å². The molecule has 0 aliphatic heterocycles. The number of rotatable bonds is 8. The Kier molecular flexibility index (Phi) is 7.63. The van der Waals surface area contributed by atoms with Crippen LogP contribution in [0.4, 0.5) is 16.6 Å². The van der Waals surface area contributed by atoms with Crippen molar-refractivity contribution in [3.63, 3.8) is 0 Å². The number of ketones is 1. The van der Waals surface area contributed by atoms with E-state index in [1.165, 1.54) is 18.3 Å². The quantitative estimate of drug-likeness (QED) is 0.126. The minimum absolute atomic E-state index is 0.0365. The third-order valence-corrected chi connectivity index (χ3v) is 7.51. The van der Waals surface area contributed by atoms with E-state index in [-0.39, 0.29) is 23.0 Å². The first-order valence-corrected chi connectivity index (χ1v) is 13.8. The Morgan fingerprint density at radius 3 is 2.49 bits per heavy atom. The Balaban J connectivity index is 1.40. The lowest BCUT2D eigenvalue weighted by Crippen LogP contribution is -2.14. The molecule has 0 fully saturated rings. The molecule has 8 nitrogen and oxygen atoms in total. The summed E-state index contributed by atoms with van der Waals surface area (Å²) in [5.41, 5.74) is 4.70. The maximum atomic E-state index is 12.8. The van der Waals surface area contributed by atoms with Crippen LogP contribution in [0.3, 0.4) is 0 Å². The number of anilines is 3. The van der Waals surface area contributed by atoms with Gasteiger partial charge in [-0.2, -0.15) is 5.26 Å². The van der Waals surface area contributed by atoms with Crippen molar-refractivity contribution in [1.82, 2.24) is 15.0 Å². The lowest BCUT2D eigenvalue weighted by Gasteiger charge is -2.13. The van der Waals surface area contributed by atoms with Crippen molar-refractivity contribution in [3.05, 3.63) is 89.5 Å². The molecule has 39 heavy (non-hydrogen) atoms. The first-order chi connectivity index (χ1) is 18.9. The van der Waals surface area contributed by atoms with Crippen LogP contribution in [0.2, 0.25) is 0 Å². The lowest BCUT2D eigenvalue weighted by molar-refractivity contribution is -0.113. The molecule has 2 aromatic heterocycles. The van der Waals surface area contributed by atoms with Gasteiger partial charge < -0.3 is 10.6 Å². The molecule has 5 aromatic rings. The normalized spacial score (nSPS) is 10.7. The molecular formula is C29H22N6O2S2. The highest BCUT2D eigenvalue weighted by Gasteiger charge is 2.18. The van der Waals surface area contributed by atoms with Gasteiger partial charge in [0.2, 0.25) is 5.91 Å². The zero-order chi connectivity index (χ0) is 27.4. The van der Waals surface area contributed by atoms with Crippen molar-refractivity contribution in [2.24, 2.45) is 0 Å². The number of hydrogen-bond acceptors (Lipinski definition) is 9. The number of thioether (sulfide) groups is 1. The monoisotopic (exact) mass is 550 g/mol. The number of nitrogens with one attached hydrogen (secondary N) is 2. The number of hydrogen-bond donors (Lipinski definition) is 2. The van der Waals surface area contributed by atoms with E-state index >= 15 is 0 Å². The van der Waals surface area contributed by atoms with Crippen LogP contribution in [-0.2, 0) is 4.79 Å². The van der Waals surface area contributed by atoms with Crippen LogP contribution in [-0.4, -0.2) is 32.4 Å². The molecule has 5 rings (SSSR count). The van der Waals surface area contributed by atoms with Crippen LogP contribution < -0.4 is 10.6 Å². The highest BCUT2D eigenvalue weighted by atomic mass is 32.2. The molecule has 0 saturated heterocycles. The zero-order valence-corrected chi connectivity index (χ0v) is 22.7. The van der Waals surface area contributed by atoms with E-state index in [9.17, 15) is 14.9 Å². The highest BCUT2D eigenvalue weighted by Crippen LogP contribution is 2.31. The predicted octanol–water partition coefficient (Wildman–Crippen LogP) is 6.61. The van der Waals surface area contributed by atoms with Gasteiger partial charge in [-0.1, -0.05) is 59.5 Å². The molecule has 192 valence electrons. The minimum atomic E-state index is -0.237. The Labute approximate surface area is 233 Å². The van der Waals surface area contributed by atoms with Crippen molar-refractivity contribution in [2.75, 3.05) is 16.4 Å². The van der Waals surface area contributed by atoms with E-state index in [1.54, 1.807) is 24.3 Å². The molecule has 0 unspecified atom stereocenters. The number of nitriles is 1. The van der Waals surface area contributed by atoms with E-state index in [0.717, 1.165) is 33.1 Å². The Hall–Kier alpha value is -4.59. The van der Waals surface area contributed by atoms with Crippen molar-refractivity contribution in [2.45, 2.75) is 19.0 Å². The van der Waals surface area contributed by atoms with Gasteiger partial charge in [-0.15, -0.1) is 0 Å². The molecule has 0 aliphatic rings. The van der Waals surface area contributed by atoms with Gasteiger partial charge in [0, 0.05) is 16.8 Å². The molecular weight excluding hydrogens is 528 g/mol. The second-order valence-corrected chi connectivity index (χ2v) is 10.6. The van der Waals surface area contributed by atoms with Gasteiger partial charge in [-0.05, 0) is 55.8 Å². The summed E-state index contributed by atoms with van der Waals surface area (Å²) in [6, 6.07) is 24.4. The van der Waals surface area contributed by atoms with Crippen LogP contribution in [0.1, 0.15) is 28.4 Å². The van der Waals surface area contributed by atoms with Crippen molar-refractivity contribution in [3.8, 4) is 17.3 Å². The summed E-state index contributed by atoms with van der Waals surface area (Å²) in [7, 11) is 0. The van der Waals surface area contributed by atoms with E-state index in [1.807, 2.05) is 55.5 Å².